The van der Waals surface area contributed by atoms with Crippen LogP contribution in [0, 0.1) is 22.9 Å². The van der Waals surface area contributed by atoms with Crippen LogP contribution in [-0.2, 0) is 21.1 Å². The summed E-state index contributed by atoms with van der Waals surface area (Å²) in [6, 6.07) is 5.43. The molecule has 0 aromatic heterocycles. The van der Waals surface area contributed by atoms with E-state index >= 15 is 0 Å². The van der Waals surface area contributed by atoms with Gasteiger partial charge in [-0.25, -0.2) is 21.6 Å². The topological polar surface area (TPSA) is 88.5 Å². The monoisotopic (exact) mass is 412 g/mol. The van der Waals surface area contributed by atoms with Crippen molar-refractivity contribution in [1.82, 2.24) is 0 Å². The molecule has 0 saturated heterocycles. The number of hydrogen-bond donors (Lipinski definition) is 1. The second-order valence-corrected chi connectivity index (χ2v) is 8.82. The lowest BCUT2D eigenvalue weighted by Gasteiger charge is -2.12. The molecule has 0 bridgehead atoms. The van der Waals surface area contributed by atoms with Crippen LogP contribution in [-0.4, -0.2) is 31.0 Å². The molecule has 0 aliphatic heterocycles. The Hall–Kier alpha value is -2.68. The third kappa shape index (κ3) is 3.94. The Balaban J connectivity index is 1.87. The zero-order chi connectivity index (χ0) is 20.7. The maximum atomic E-state index is 14.1. The lowest BCUT2D eigenvalue weighted by atomic mass is 10.0. The largest absolute Gasteiger partial charge is 0.481 e. The predicted octanol–water partition coefficient (Wildman–Crippen LogP) is 3.17. The predicted molar refractivity (Wildman–Crippen MR) is 92.1 cm³/mol. The molecule has 2 aromatic rings. The molecule has 28 heavy (non-hydrogen) atoms. The molecule has 1 fully saturated rings. The highest BCUT2D eigenvalue weighted by molar-refractivity contribution is 7.91. The number of carbonyl (C=O) groups excluding carboxylic acids is 1. The van der Waals surface area contributed by atoms with Gasteiger partial charge in [-0.15, -0.1) is 0 Å². The van der Waals surface area contributed by atoms with Crippen molar-refractivity contribution in [3.8, 4) is 0 Å². The van der Waals surface area contributed by atoms with Crippen LogP contribution >= 0.6 is 0 Å². The van der Waals surface area contributed by atoms with E-state index in [0.717, 1.165) is 30.3 Å². The number of sulfone groups is 1. The van der Waals surface area contributed by atoms with Crippen molar-refractivity contribution >= 4 is 21.6 Å². The van der Waals surface area contributed by atoms with Crippen LogP contribution in [0.1, 0.15) is 28.8 Å². The van der Waals surface area contributed by atoms with Gasteiger partial charge < -0.3 is 5.11 Å². The molecule has 0 radical (unpaired) electrons. The van der Waals surface area contributed by atoms with Crippen molar-refractivity contribution in [1.29, 1.82) is 0 Å². The van der Waals surface area contributed by atoms with Crippen molar-refractivity contribution < 1.29 is 36.3 Å². The molecule has 9 heteroatoms. The smallest absolute Gasteiger partial charge is 0.310 e. The average molecular weight is 412 g/mol. The Labute approximate surface area is 158 Å². The van der Waals surface area contributed by atoms with Crippen molar-refractivity contribution in [2.75, 3.05) is 5.75 Å². The van der Waals surface area contributed by atoms with Gasteiger partial charge in [-0.3, -0.25) is 9.59 Å². The van der Waals surface area contributed by atoms with E-state index < -0.39 is 62.2 Å². The molecule has 1 N–H and O–H groups in total. The summed E-state index contributed by atoms with van der Waals surface area (Å²) >= 11 is 0. The molecule has 3 rings (SSSR count). The highest BCUT2D eigenvalue weighted by atomic mass is 32.2. The third-order valence-corrected chi connectivity index (χ3v) is 6.62. The van der Waals surface area contributed by atoms with Gasteiger partial charge in [0.25, 0.3) is 0 Å². The minimum absolute atomic E-state index is 0.0966. The standard InChI is InChI=1S/C19H15F3O5S/c20-14-4-2-12(28(26,27)10-19(5-6-19)18(24)25)9-13(14)17(23)8-11-1-3-15(21)16(22)7-11/h1-4,7,9H,5-6,8,10H2,(H,24,25). The maximum Gasteiger partial charge on any atom is 0.310 e. The lowest BCUT2D eigenvalue weighted by molar-refractivity contribution is -0.142. The zero-order valence-corrected chi connectivity index (χ0v) is 15.2. The van der Waals surface area contributed by atoms with Crippen LogP contribution < -0.4 is 0 Å². The number of halogens is 3. The summed E-state index contributed by atoms with van der Waals surface area (Å²) in [4.78, 5) is 23.2. The van der Waals surface area contributed by atoms with Crippen LogP contribution in [0.25, 0.3) is 0 Å². The molecular formula is C19H15F3O5S. The van der Waals surface area contributed by atoms with E-state index in [9.17, 15) is 36.3 Å². The fourth-order valence-corrected chi connectivity index (χ4v) is 4.74. The number of rotatable bonds is 7. The Morgan fingerprint density at radius 1 is 0.964 bits per heavy atom. The van der Waals surface area contributed by atoms with Gasteiger partial charge in [0, 0.05) is 6.42 Å². The first-order valence-corrected chi connectivity index (χ1v) is 9.92. The van der Waals surface area contributed by atoms with Crippen LogP contribution in [0.2, 0.25) is 0 Å². The van der Waals surface area contributed by atoms with E-state index in [2.05, 4.69) is 0 Å². The molecule has 0 heterocycles. The van der Waals surface area contributed by atoms with E-state index in [1.54, 1.807) is 0 Å². The Kier molecular flexibility index (Phi) is 5.05. The highest BCUT2D eigenvalue weighted by Crippen LogP contribution is 2.47. The van der Waals surface area contributed by atoms with Crippen molar-refractivity contribution in [3.05, 3.63) is 65.0 Å². The van der Waals surface area contributed by atoms with Crippen molar-refractivity contribution in [3.63, 3.8) is 0 Å². The van der Waals surface area contributed by atoms with Gasteiger partial charge in [-0.2, -0.15) is 0 Å². The molecule has 0 unspecified atom stereocenters. The summed E-state index contributed by atoms with van der Waals surface area (Å²) in [7, 11) is -4.07. The van der Waals surface area contributed by atoms with E-state index in [1.165, 1.54) is 6.07 Å². The maximum absolute atomic E-state index is 14.1. The Bertz CT molecular complexity index is 1070. The summed E-state index contributed by atoms with van der Waals surface area (Å²) < 4.78 is 65.4. The second-order valence-electron chi connectivity index (χ2n) is 6.83. The first-order valence-electron chi connectivity index (χ1n) is 8.27. The summed E-state index contributed by atoms with van der Waals surface area (Å²) in [6.07, 6.45) is -0.00790. The lowest BCUT2D eigenvalue weighted by Crippen LogP contribution is -2.25. The Morgan fingerprint density at radius 2 is 1.61 bits per heavy atom. The van der Waals surface area contributed by atoms with Crippen LogP contribution in [0.5, 0.6) is 0 Å². The number of carboxylic acid groups (broad SMARTS) is 1. The molecule has 1 aliphatic carbocycles. The molecule has 1 aliphatic rings. The van der Waals surface area contributed by atoms with E-state index in [0.29, 0.717) is 0 Å². The molecule has 1 saturated carbocycles. The highest BCUT2D eigenvalue weighted by Gasteiger charge is 2.53. The molecule has 0 spiro atoms. The van der Waals surface area contributed by atoms with Crippen LogP contribution in [0.3, 0.4) is 0 Å². The summed E-state index contributed by atoms with van der Waals surface area (Å²) in [5.74, 6) is -5.90. The fourth-order valence-electron chi connectivity index (χ4n) is 2.86. The number of Topliss-reactive ketones (excluding diaryl/α,β-unsaturated/α-hetero) is 1. The van der Waals surface area contributed by atoms with Crippen molar-refractivity contribution in [2.24, 2.45) is 5.41 Å². The summed E-state index contributed by atoms with van der Waals surface area (Å²) in [5, 5.41) is 9.17. The fraction of sp³-hybridized carbons (Fsp3) is 0.263. The normalized spacial score (nSPS) is 15.2. The number of carbonyl (C=O) groups is 2. The zero-order valence-electron chi connectivity index (χ0n) is 14.4. The van der Waals surface area contributed by atoms with Gasteiger partial charge in [0.05, 0.1) is 21.6 Å². The SMILES string of the molecule is O=C(Cc1ccc(F)c(F)c1)c1cc(S(=O)(=O)CC2(C(=O)O)CC2)ccc1F. The first kappa shape index (κ1) is 20.1. The van der Waals surface area contributed by atoms with E-state index in [4.69, 9.17) is 0 Å². The number of carboxylic acids is 1. The number of hydrogen-bond acceptors (Lipinski definition) is 4. The molecule has 0 amide bonds. The van der Waals surface area contributed by atoms with Crippen molar-refractivity contribution in [2.45, 2.75) is 24.2 Å². The molecule has 5 nitrogen and oxygen atoms in total. The minimum atomic E-state index is -4.07. The van der Waals surface area contributed by atoms with Gasteiger partial charge in [-0.1, -0.05) is 6.07 Å². The summed E-state index contributed by atoms with van der Waals surface area (Å²) in [6.45, 7) is 0. The first-order chi connectivity index (χ1) is 13.0. The van der Waals surface area contributed by atoms with Crippen LogP contribution in [0.15, 0.2) is 41.3 Å². The van der Waals surface area contributed by atoms with E-state index in [-0.39, 0.29) is 23.3 Å². The second kappa shape index (κ2) is 7.05. The molecular weight excluding hydrogens is 397 g/mol. The van der Waals surface area contributed by atoms with Gasteiger partial charge in [-0.05, 0) is 48.7 Å². The molecule has 0 atom stereocenters. The molecule has 2 aromatic carbocycles. The number of aliphatic carboxylic acids is 1. The van der Waals surface area contributed by atoms with Gasteiger partial charge >= 0.3 is 5.97 Å². The summed E-state index contributed by atoms with van der Waals surface area (Å²) in [5.41, 5.74) is -1.77. The van der Waals surface area contributed by atoms with Gasteiger partial charge in [0.15, 0.2) is 27.3 Å². The average Bonchev–Trinajstić information content (AvgIpc) is 3.38. The third-order valence-electron chi connectivity index (χ3n) is 4.72. The number of benzene rings is 2. The van der Waals surface area contributed by atoms with Gasteiger partial charge in [0.2, 0.25) is 0 Å². The van der Waals surface area contributed by atoms with Gasteiger partial charge in [0.1, 0.15) is 5.82 Å². The number of ketones is 1. The minimum Gasteiger partial charge on any atom is -0.481 e. The Morgan fingerprint density at radius 3 is 2.18 bits per heavy atom. The van der Waals surface area contributed by atoms with E-state index in [1.807, 2.05) is 0 Å². The molecule has 148 valence electrons. The quantitative estimate of drug-likeness (QED) is 0.558. The van der Waals surface area contributed by atoms with Crippen LogP contribution in [0.4, 0.5) is 13.2 Å².